The van der Waals surface area contributed by atoms with Crippen LogP contribution in [-0.4, -0.2) is 64.3 Å². The maximum Gasteiger partial charge on any atom is 0.309 e. The highest BCUT2D eigenvalue weighted by Gasteiger charge is 2.28. The van der Waals surface area contributed by atoms with Crippen molar-refractivity contribution in [2.75, 3.05) is 43.4 Å². The highest BCUT2D eigenvalue weighted by atomic mass is 32.2. The summed E-state index contributed by atoms with van der Waals surface area (Å²) in [6, 6.07) is 6.58. The van der Waals surface area contributed by atoms with Crippen LogP contribution in [0.5, 0.6) is 5.75 Å². The zero-order chi connectivity index (χ0) is 20.7. The molecule has 0 aliphatic carbocycles. The lowest BCUT2D eigenvalue weighted by Crippen LogP contribution is -2.42. The third-order valence-electron chi connectivity index (χ3n) is 4.64. The number of rotatable bonds is 8. The minimum absolute atomic E-state index is 0.104. The zero-order valence-corrected chi connectivity index (χ0v) is 17.4. The van der Waals surface area contributed by atoms with Crippen molar-refractivity contribution in [1.82, 2.24) is 4.90 Å². The Balaban J connectivity index is 1.84. The smallest absolute Gasteiger partial charge is 0.309 e. The van der Waals surface area contributed by atoms with Gasteiger partial charge in [0, 0.05) is 19.6 Å². The molecule has 0 saturated carbocycles. The van der Waals surface area contributed by atoms with E-state index in [0.717, 1.165) is 6.26 Å². The summed E-state index contributed by atoms with van der Waals surface area (Å²) >= 11 is 0. The van der Waals surface area contributed by atoms with Crippen LogP contribution in [0, 0.1) is 5.92 Å². The van der Waals surface area contributed by atoms with Crippen molar-refractivity contribution in [3.8, 4) is 5.75 Å². The summed E-state index contributed by atoms with van der Waals surface area (Å²) in [5, 5.41) is 0. The predicted molar refractivity (Wildman–Crippen MR) is 106 cm³/mol. The predicted octanol–water partition coefficient (Wildman–Crippen LogP) is 1.65. The van der Waals surface area contributed by atoms with Crippen molar-refractivity contribution in [2.45, 2.75) is 26.7 Å². The van der Waals surface area contributed by atoms with Gasteiger partial charge in [0.15, 0.2) is 6.61 Å². The third kappa shape index (κ3) is 5.85. The van der Waals surface area contributed by atoms with Gasteiger partial charge in [-0.2, -0.15) is 0 Å². The minimum atomic E-state index is -3.34. The fraction of sp³-hybridized carbons (Fsp3) is 0.579. The molecule has 1 aromatic rings. The van der Waals surface area contributed by atoms with E-state index in [1.807, 2.05) is 0 Å². The van der Waals surface area contributed by atoms with Crippen molar-refractivity contribution in [2.24, 2.45) is 5.92 Å². The molecule has 1 fully saturated rings. The number of nitrogens with zero attached hydrogens (tertiary/aromatic N) is 2. The van der Waals surface area contributed by atoms with Gasteiger partial charge in [0.2, 0.25) is 10.0 Å². The SMILES string of the molecule is CCOC(=O)C1CCN(C(=O)COc2ccc(N(CC)S(C)(=O)=O)cc2)CC1. The topological polar surface area (TPSA) is 93.2 Å². The van der Waals surface area contributed by atoms with E-state index >= 15 is 0 Å². The summed E-state index contributed by atoms with van der Waals surface area (Å²) < 4.78 is 35.4. The minimum Gasteiger partial charge on any atom is -0.484 e. The molecule has 1 aromatic carbocycles. The number of carbonyl (C=O) groups is 2. The molecule has 1 aliphatic rings. The normalized spacial score (nSPS) is 15.2. The quantitative estimate of drug-likeness (QED) is 0.603. The monoisotopic (exact) mass is 412 g/mol. The molecule has 0 radical (unpaired) electrons. The van der Waals surface area contributed by atoms with Crippen molar-refractivity contribution in [3.05, 3.63) is 24.3 Å². The third-order valence-corrected chi connectivity index (χ3v) is 5.91. The fourth-order valence-electron chi connectivity index (χ4n) is 3.18. The van der Waals surface area contributed by atoms with Gasteiger partial charge in [-0.05, 0) is 51.0 Å². The number of esters is 1. The molecule has 0 N–H and O–H groups in total. The molecule has 1 saturated heterocycles. The number of piperidine rings is 1. The fourth-order valence-corrected chi connectivity index (χ4v) is 4.15. The molecule has 1 amide bonds. The first-order valence-corrected chi connectivity index (χ1v) is 11.3. The largest absolute Gasteiger partial charge is 0.484 e. The standard InChI is InChI=1S/C19H28N2O6S/c1-4-21(28(3,24)25)16-6-8-17(9-7-16)27-14-18(22)20-12-10-15(11-13-20)19(23)26-5-2/h6-9,15H,4-5,10-14H2,1-3H3. The molecule has 0 spiro atoms. The lowest BCUT2D eigenvalue weighted by molar-refractivity contribution is -0.151. The highest BCUT2D eigenvalue weighted by molar-refractivity contribution is 7.92. The van der Waals surface area contributed by atoms with E-state index in [9.17, 15) is 18.0 Å². The van der Waals surface area contributed by atoms with Crippen LogP contribution in [0.15, 0.2) is 24.3 Å². The average Bonchev–Trinajstić information content (AvgIpc) is 2.67. The van der Waals surface area contributed by atoms with Gasteiger partial charge in [-0.15, -0.1) is 0 Å². The Bertz CT molecular complexity index is 770. The van der Waals surface area contributed by atoms with Crippen LogP contribution >= 0.6 is 0 Å². The molecule has 1 aliphatic heterocycles. The van der Waals surface area contributed by atoms with E-state index in [2.05, 4.69) is 0 Å². The first-order valence-electron chi connectivity index (χ1n) is 9.41. The molecule has 0 unspecified atom stereocenters. The molecule has 0 bridgehead atoms. The molecule has 1 heterocycles. The molecule has 9 heteroatoms. The molecular formula is C19H28N2O6S. The summed E-state index contributed by atoms with van der Waals surface area (Å²) in [6.45, 7) is 5.14. The van der Waals surface area contributed by atoms with Gasteiger partial charge in [-0.1, -0.05) is 0 Å². The van der Waals surface area contributed by atoms with Gasteiger partial charge in [0.1, 0.15) is 5.75 Å². The van der Waals surface area contributed by atoms with Gasteiger partial charge in [-0.3, -0.25) is 13.9 Å². The van der Waals surface area contributed by atoms with Crippen LogP contribution in [0.4, 0.5) is 5.69 Å². The van der Waals surface area contributed by atoms with E-state index in [1.54, 1.807) is 43.0 Å². The highest BCUT2D eigenvalue weighted by Crippen LogP contribution is 2.22. The Morgan fingerprint density at radius 1 is 1.14 bits per heavy atom. The molecule has 28 heavy (non-hydrogen) atoms. The molecule has 0 aromatic heterocycles. The van der Waals surface area contributed by atoms with Crippen LogP contribution in [0.1, 0.15) is 26.7 Å². The van der Waals surface area contributed by atoms with Crippen molar-refractivity contribution < 1.29 is 27.5 Å². The first kappa shape index (κ1) is 22.0. The second kappa shape index (κ2) is 9.77. The number of amides is 1. The number of benzene rings is 1. The van der Waals surface area contributed by atoms with E-state index in [-0.39, 0.29) is 24.4 Å². The molecule has 156 valence electrons. The Labute approximate surface area is 166 Å². The van der Waals surface area contributed by atoms with Gasteiger partial charge < -0.3 is 14.4 Å². The van der Waals surface area contributed by atoms with E-state index in [4.69, 9.17) is 9.47 Å². The Morgan fingerprint density at radius 2 is 1.75 bits per heavy atom. The van der Waals surface area contributed by atoms with E-state index in [1.165, 1.54) is 4.31 Å². The lowest BCUT2D eigenvalue weighted by Gasteiger charge is -2.30. The van der Waals surface area contributed by atoms with Crippen LogP contribution < -0.4 is 9.04 Å². The summed E-state index contributed by atoms with van der Waals surface area (Å²) in [7, 11) is -3.34. The summed E-state index contributed by atoms with van der Waals surface area (Å²) in [5.74, 6) is 0.00995. The first-order chi connectivity index (χ1) is 13.3. The second-order valence-corrected chi connectivity index (χ2v) is 8.52. The van der Waals surface area contributed by atoms with E-state index < -0.39 is 10.0 Å². The summed E-state index contributed by atoms with van der Waals surface area (Å²) in [4.78, 5) is 25.8. The molecule has 2 rings (SSSR count). The molecule has 0 atom stereocenters. The Kier molecular flexibility index (Phi) is 7.68. The number of likely N-dealkylation sites (tertiary alicyclic amines) is 1. The van der Waals surface area contributed by atoms with Gasteiger partial charge in [-0.25, -0.2) is 8.42 Å². The zero-order valence-electron chi connectivity index (χ0n) is 16.6. The number of hydrogen-bond donors (Lipinski definition) is 0. The van der Waals surface area contributed by atoms with Crippen molar-refractivity contribution >= 4 is 27.6 Å². The molecule has 8 nitrogen and oxygen atoms in total. The van der Waals surface area contributed by atoms with Crippen LogP contribution in [0.3, 0.4) is 0 Å². The van der Waals surface area contributed by atoms with E-state index in [0.29, 0.717) is 50.5 Å². The van der Waals surface area contributed by atoms with Crippen LogP contribution in [0.25, 0.3) is 0 Å². The maximum atomic E-state index is 12.3. The Morgan fingerprint density at radius 3 is 2.25 bits per heavy atom. The van der Waals surface area contributed by atoms with Crippen LogP contribution in [0.2, 0.25) is 0 Å². The van der Waals surface area contributed by atoms with Crippen molar-refractivity contribution in [3.63, 3.8) is 0 Å². The van der Waals surface area contributed by atoms with Crippen LogP contribution in [-0.2, 0) is 24.3 Å². The number of sulfonamides is 1. The summed E-state index contributed by atoms with van der Waals surface area (Å²) in [5.41, 5.74) is 0.546. The van der Waals surface area contributed by atoms with Crippen molar-refractivity contribution in [1.29, 1.82) is 0 Å². The summed E-state index contributed by atoms with van der Waals surface area (Å²) in [6.07, 6.45) is 2.35. The van der Waals surface area contributed by atoms with Gasteiger partial charge in [0.25, 0.3) is 5.91 Å². The molecular weight excluding hydrogens is 384 g/mol. The maximum absolute atomic E-state index is 12.3. The average molecular weight is 413 g/mol. The number of carbonyl (C=O) groups excluding carboxylic acids is 2. The number of ether oxygens (including phenoxy) is 2. The Hall–Kier alpha value is -2.29. The number of anilines is 1. The lowest BCUT2D eigenvalue weighted by atomic mass is 9.97. The van der Waals surface area contributed by atoms with Gasteiger partial charge >= 0.3 is 5.97 Å². The number of hydrogen-bond acceptors (Lipinski definition) is 6. The van der Waals surface area contributed by atoms with Gasteiger partial charge in [0.05, 0.1) is 24.5 Å². The second-order valence-electron chi connectivity index (χ2n) is 6.62.